The molecule has 1 aromatic rings. The molecule has 0 radical (unpaired) electrons. The summed E-state index contributed by atoms with van der Waals surface area (Å²) in [7, 11) is 3.99. The maximum Gasteiger partial charge on any atom is 0.224 e. The molecule has 0 aliphatic carbocycles. The predicted molar refractivity (Wildman–Crippen MR) is 80.0 cm³/mol. The van der Waals surface area contributed by atoms with Crippen molar-refractivity contribution in [2.24, 2.45) is 0 Å². The third-order valence-electron chi connectivity index (χ3n) is 2.73. The predicted octanol–water partition coefficient (Wildman–Crippen LogP) is 1.73. The van der Waals surface area contributed by atoms with Crippen LogP contribution in [0, 0.1) is 0 Å². The topological polar surface area (TPSA) is 61.8 Å². The highest BCUT2D eigenvalue weighted by Crippen LogP contribution is 2.16. The highest BCUT2D eigenvalue weighted by Gasteiger charge is 2.05. The molecule has 0 saturated heterocycles. The molecule has 112 valence electrons. The number of anilines is 1. The molecule has 0 bridgehead atoms. The Morgan fingerprint density at radius 1 is 1.35 bits per heavy atom. The first-order valence-electron chi connectivity index (χ1n) is 6.83. The number of likely N-dealkylation sites (N-methyl/N-ethyl adjacent to an activating group) is 1. The van der Waals surface area contributed by atoms with E-state index in [0.717, 1.165) is 18.0 Å². The smallest absolute Gasteiger partial charge is 0.224 e. The van der Waals surface area contributed by atoms with Gasteiger partial charge in [0.15, 0.2) is 0 Å². The SMILES string of the molecule is CC(O)CCC(=O)Nc1ccc(OCCN(C)C)cc1. The molecule has 0 saturated carbocycles. The van der Waals surface area contributed by atoms with Crippen molar-refractivity contribution in [3.8, 4) is 5.75 Å². The van der Waals surface area contributed by atoms with E-state index in [1.54, 1.807) is 6.92 Å². The van der Waals surface area contributed by atoms with Crippen molar-refractivity contribution in [3.05, 3.63) is 24.3 Å². The fourth-order valence-electron chi connectivity index (χ4n) is 1.54. The van der Waals surface area contributed by atoms with E-state index in [1.165, 1.54) is 0 Å². The number of benzene rings is 1. The summed E-state index contributed by atoms with van der Waals surface area (Å²) in [6.07, 6.45) is 0.337. The number of aliphatic hydroxyl groups excluding tert-OH is 1. The lowest BCUT2D eigenvalue weighted by Crippen LogP contribution is -2.19. The number of carbonyl (C=O) groups excluding carboxylic acids is 1. The quantitative estimate of drug-likeness (QED) is 0.761. The summed E-state index contributed by atoms with van der Waals surface area (Å²) in [4.78, 5) is 13.6. The maximum absolute atomic E-state index is 11.6. The number of hydrogen-bond donors (Lipinski definition) is 2. The Balaban J connectivity index is 2.36. The Bertz CT molecular complexity index is 402. The van der Waals surface area contributed by atoms with Crippen molar-refractivity contribution in [2.75, 3.05) is 32.6 Å². The van der Waals surface area contributed by atoms with E-state index in [0.29, 0.717) is 19.4 Å². The Labute approximate surface area is 120 Å². The molecule has 0 aromatic heterocycles. The Morgan fingerprint density at radius 3 is 2.55 bits per heavy atom. The molecule has 20 heavy (non-hydrogen) atoms. The van der Waals surface area contributed by atoms with E-state index in [9.17, 15) is 4.79 Å². The average Bonchev–Trinajstić information content (AvgIpc) is 2.38. The van der Waals surface area contributed by atoms with Gasteiger partial charge in [-0.05, 0) is 51.7 Å². The molecule has 1 unspecified atom stereocenters. The lowest BCUT2D eigenvalue weighted by atomic mass is 10.2. The molecular weight excluding hydrogens is 256 g/mol. The second-order valence-electron chi connectivity index (χ2n) is 5.11. The van der Waals surface area contributed by atoms with Crippen LogP contribution in [0.1, 0.15) is 19.8 Å². The summed E-state index contributed by atoms with van der Waals surface area (Å²) in [5.41, 5.74) is 0.737. The first kappa shape index (κ1) is 16.5. The monoisotopic (exact) mass is 280 g/mol. The van der Waals surface area contributed by atoms with Crippen LogP contribution in [0.25, 0.3) is 0 Å². The van der Waals surface area contributed by atoms with E-state index in [4.69, 9.17) is 9.84 Å². The molecule has 1 atom stereocenters. The molecular formula is C15H24N2O3. The highest BCUT2D eigenvalue weighted by molar-refractivity contribution is 5.90. The van der Waals surface area contributed by atoms with Gasteiger partial charge in [-0.25, -0.2) is 0 Å². The summed E-state index contributed by atoms with van der Waals surface area (Å²) in [5.74, 6) is 0.695. The van der Waals surface area contributed by atoms with E-state index in [2.05, 4.69) is 10.2 Å². The standard InChI is InChI=1S/C15H24N2O3/c1-12(18)4-9-15(19)16-13-5-7-14(8-6-13)20-11-10-17(2)3/h5-8,12,18H,4,9-11H2,1-3H3,(H,16,19). The zero-order chi connectivity index (χ0) is 15.0. The van der Waals surface area contributed by atoms with E-state index in [-0.39, 0.29) is 5.91 Å². The summed E-state index contributed by atoms with van der Waals surface area (Å²) in [6, 6.07) is 7.29. The average molecular weight is 280 g/mol. The summed E-state index contributed by atoms with van der Waals surface area (Å²) >= 11 is 0. The third-order valence-corrected chi connectivity index (χ3v) is 2.73. The van der Waals surface area contributed by atoms with E-state index < -0.39 is 6.10 Å². The zero-order valence-corrected chi connectivity index (χ0v) is 12.4. The number of rotatable bonds is 8. The first-order chi connectivity index (χ1) is 9.47. The van der Waals surface area contributed by atoms with Crippen LogP contribution in [0.5, 0.6) is 5.75 Å². The van der Waals surface area contributed by atoms with Crippen molar-refractivity contribution in [1.82, 2.24) is 4.90 Å². The van der Waals surface area contributed by atoms with Crippen LogP contribution in [0.3, 0.4) is 0 Å². The number of nitrogens with zero attached hydrogens (tertiary/aromatic N) is 1. The molecule has 0 heterocycles. The second-order valence-corrected chi connectivity index (χ2v) is 5.11. The number of nitrogens with one attached hydrogen (secondary N) is 1. The molecule has 5 nitrogen and oxygen atoms in total. The van der Waals surface area contributed by atoms with Gasteiger partial charge in [-0.15, -0.1) is 0 Å². The highest BCUT2D eigenvalue weighted by atomic mass is 16.5. The van der Waals surface area contributed by atoms with Gasteiger partial charge in [-0.3, -0.25) is 4.79 Å². The van der Waals surface area contributed by atoms with Crippen LogP contribution in [0.4, 0.5) is 5.69 Å². The van der Waals surface area contributed by atoms with E-state index in [1.807, 2.05) is 38.4 Å². The fraction of sp³-hybridized carbons (Fsp3) is 0.533. The minimum absolute atomic E-state index is 0.0906. The molecule has 1 amide bonds. The largest absolute Gasteiger partial charge is 0.492 e. The van der Waals surface area contributed by atoms with Gasteiger partial charge in [0.1, 0.15) is 12.4 Å². The van der Waals surface area contributed by atoms with Gasteiger partial charge in [0.05, 0.1) is 6.10 Å². The first-order valence-corrected chi connectivity index (χ1v) is 6.83. The minimum atomic E-state index is -0.451. The van der Waals surface area contributed by atoms with Crippen LogP contribution in [0.15, 0.2) is 24.3 Å². The summed E-state index contributed by atoms with van der Waals surface area (Å²) < 4.78 is 5.57. The molecule has 0 aliphatic heterocycles. The van der Waals surface area contributed by atoms with Gasteiger partial charge in [0.25, 0.3) is 0 Å². The number of ether oxygens (including phenoxy) is 1. The Kier molecular flexibility index (Phi) is 7.04. The van der Waals surface area contributed by atoms with Crippen molar-refractivity contribution in [3.63, 3.8) is 0 Å². The van der Waals surface area contributed by atoms with Gasteiger partial charge in [0.2, 0.25) is 5.91 Å². The third kappa shape index (κ3) is 7.11. The zero-order valence-electron chi connectivity index (χ0n) is 12.4. The van der Waals surface area contributed by atoms with Gasteiger partial charge in [0, 0.05) is 18.7 Å². The van der Waals surface area contributed by atoms with Crippen LogP contribution in [-0.4, -0.2) is 49.3 Å². The van der Waals surface area contributed by atoms with E-state index >= 15 is 0 Å². The van der Waals surface area contributed by atoms with Crippen molar-refractivity contribution < 1.29 is 14.6 Å². The minimum Gasteiger partial charge on any atom is -0.492 e. The van der Waals surface area contributed by atoms with Crippen LogP contribution >= 0.6 is 0 Å². The lowest BCUT2D eigenvalue weighted by Gasteiger charge is -2.11. The second kappa shape index (κ2) is 8.55. The summed E-state index contributed by atoms with van der Waals surface area (Å²) in [5, 5.41) is 11.9. The molecule has 0 fully saturated rings. The number of carbonyl (C=O) groups is 1. The van der Waals surface area contributed by atoms with Crippen LogP contribution in [0.2, 0.25) is 0 Å². The normalized spacial score (nSPS) is 12.2. The van der Waals surface area contributed by atoms with Gasteiger partial charge in [-0.1, -0.05) is 0 Å². The Morgan fingerprint density at radius 2 is 2.00 bits per heavy atom. The molecule has 2 N–H and O–H groups in total. The van der Waals surface area contributed by atoms with Gasteiger partial charge < -0.3 is 20.1 Å². The van der Waals surface area contributed by atoms with Crippen molar-refractivity contribution >= 4 is 11.6 Å². The number of aliphatic hydroxyl groups is 1. The molecule has 5 heteroatoms. The molecule has 0 spiro atoms. The van der Waals surface area contributed by atoms with Gasteiger partial charge >= 0.3 is 0 Å². The Hall–Kier alpha value is -1.59. The fourth-order valence-corrected chi connectivity index (χ4v) is 1.54. The van der Waals surface area contributed by atoms with Crippen molar-refractivity contribution in [1.29, 1.82) is 0 Å². The summed E-state index contributed by atoms with van der Waals surface area (Å²) in [6.45, 7) is 3.16. The number of hydrogen-bond acceptors (Lipinski definition) is 4. The van der Waals surface area contributed by atoms with Crippen LogP contribution < -0.4 is 10.1 Å². The molecule has 0 aliphatic rings. The van der Waals surface area contributed by atoms with Gasteiger partial charge in [-0.2, -0.15) is 0 Å². The molecule has 1 aromatic carbocycles. The number of amides is 1. The lowest BCUT2D eigenvalue weighted by molar-refractivity contribution is -0.116. The maximum atomic E-state index is 11.6. The van der Waals surface area contributed by atoms with Crippen molar-refractivity contribution in [2.45, 2.75) is 25.9 Å². The molecule has 1 rings (SSSR count). The van der Waals surface area contributed by atoms with Crippen LogP contribution in [-0.2, 0) is 4.79 Å².